The van der Waals surface area contributed by atoms with Gasteiger partial charge in [-0.1, -0.05) is 29.8 Å². The number of rotatable bonds is 8. The molecule has 2 N–H and O–H groups in total. The Bertz CT molecular complexity index is 433. The number of hydrogen-bond donors (Lipinski definition) is 2. The van der Waals surface area contributed by atoms with Crippen LogP contribution in [0.4, 0.5) is 13.2 Å². The summed E-state index contributed by atoms with van der Waals surface area (Å²) in [7, 11) is 0. The topological polar surface area (TPSA) is 24.1 Å². The van der Waals surface area contributed by atoms with Crippen molar-refractivity contribution in [3.8, 4) is 0 Å². The van der Waals surface area contributed by atoms with Crippen molar-refractivity contribution in [2.45, 2.75) is 33.0 Å². The second kappa shape index (κ2) is 8.76. The second-order valence-electron chi connectivity index (χ2n) is 5.43. The molecule has 0 aromatic heterocycles. The van der Waals surface area contributed by atoms with Crippen molar-refractivity contribution in [3.63, 3.8) is 0 Å². The van der Waals surface area contributed by atoms with E-state index in [0.717, 1.165) is 32.1 Å². The maximum atomic E-state index is 12.6. The van der Waals surface area contributed by atoms with Gasteiger partial charge < -0.3 is 10.6 Å². The Morgan fingerprint density at radius 3 is 2.43 bits per heavy atom. The number of hydrogen-bond acceptors (Lipinski definition) is 2. The van der Waals surface area contributed by atoms with Crippen LogP contribution in [0, 0.1) is 5.92 Å². The third-order valence-electron chi connectivity index (χ3n) is 2.95. The Labute approximate surface area is 132 Å². The first-order chi connectivity index (χ1) is 9.80. The van der Waals surface area contributed by atoms with Gasteiger partial charge in [-0.2, -0.15) is 13.2 Å². The van der Waals surface area contributed by atoms with Gasteiger partial charge in [-0.25, -0.2) is 0 Å². The quantitative estimate of drug-likeness (QED) is 0.674. The van der Waals surface area contributed by atoms with Crippen LogP contribution in [0.1, 0.15) is 31.4 Å². The van der Waals surface area contributed by atoms with Gasteiger partial charge in [0.2, 0.25) is 0 Å². The Morgan fingerprint density at radius 2 is 1.81 bits per heavy atom. The van der Waals surface area contributed by atoms with Crippen LogP contribution in [0.2, 0.25) is 0 Å². The van der Waals surface area contributed by atoms with E-state index in [1.54, 1.807) is 0 Å². The molecule has 21 heavy (non-hydrogen) atoms. The molecule has 1 aromatic rings. The van der Waals surface area contributed by atoms with Crippen molar-refractivity contribution in [2.75, 3.05) is 19.6 Å². The zero-order valence-electron chi connectivity index (χ0n) is 12.4. The third kappa shape index (κ3) is 7.29. The average Bonchev–Trinajstić information content (AvgIpc) is 2.37. The molecule has 120 valence electrons. The fourth-order valence-corrected chi connectivity index (χ4v) is 2.23. The van der Waals surface area contributed by atoms with Gasteiger partial charge in [0, 0.05) is 11.0 Å². The van der Waals surface area contributed by atoms with Gasteiger partial charge in [0.15, 0.2) is 0 Å². The van der Waals surface area contributed by atoms with E-state index in [9.17, 15) is 13.2 Å². The first kappa shape index (κ1) is 18.5. The molecule has 0 unspecified atom stereocenters. The summed E-state index contributed by atoms with van der Waals surface area (Å²) >= 11 is 3.29. The standard InChI is InChI=1S/C15H22BrF3N2/c1-11(2)9-20-6-3-7-21-10-12-8-13(15(17,18)19)4-5-14(12)16/h4-5,8,11,20-21H,3,6-7,9-10H2,1-2H3. The molecule has 0 aliphatic heterocycles. The normalized spacial score (nSPS) is 12.1. The number of nitrogens with one attached hydrogen (secondary N) is 2. The summed E-state index contributed by atoms with van der Waals surface area (Å²) in [6, 6.07) is 3.72. The molecule has 0 saturated heterocycles. The van der Waals surface area contributed by atoms with Gasteiger partial charge in [0.25, 0.3) is 0 Å². The van der Waals surface area contributed by atoms with Crippen LogP contribution >= 0.6 is 15.9 Å². The van der Waals surface area contributed by atoms with Crippen LogP contribution in [-0.2, 0) is 12.7 Å². The summed E-state index contributed by atoms with van der Waals surface area (Å²) in [5, 5.41) is 6.50. The molecule has 0 spiro atoms. The van der Waals surface area contributed by atoms with Gasteiger partial charge in [-0.15, -0.1) is 0 Å². The highest BCUT2D eigenvalue weighted by Crippen LogP contribution is 2.31. The summed E-state index contributed by atoms with van der Waals surface area (Å²) in [6.07, 6.45) is -3.35. The number of alkyl halides is 3. The van der Waals surface area contributed by atoms with Crippen molar-refractivity contribution in [3.05, 3.63) is 33.8 Å². The van der Waals surface area contributed by atoms with E-state index in [2.05, 4.69) is 40.4 Å². The van der Waals surface area contributed by atoms with Gasteiger partial charge >= 0.3 is 6.18 Å². The van der Waals surface area contributed by atoms with Crippen LogP contribution in [0.15, 0.2) is 22.7 Å². The maximum absolute atomic E-state index is 12.6. The Balaban J connectivity index is 2.35. The molecule has 2 nitrogen and oxygen atoms in total. The zero-order valence-corrected chi connectivity index (χ0v) is 13.9. The van der Waals surface area contributed by atoms with Crippen LogP contribution < -0.4 is 10.6 Å². The molecular formula is C15H22BrF3N2. The molecule has 0 aliphatic carbocycles. The first-order valence-corrected chi connectivity index (χ1v) is 7.87. The molecule has 0 amide bonds. The monoisotopic (exact) mass is 366 g/mol. The SMILES string of the molecule is CC(C)CNCCCNCc1cc(C(F)(F)F)ccc1Br. The van der Waals surface area contributed by atoms with Crippen molar-refractivity contribution >= 4 is 15.9 Å². The smallest absolute Gasteiger partial charge is 0.316 e. The van der Waals surface area contributed by atoms with E-state index in [-0.39, 0.29) is 0 Å². The van der Waals surface area contributed by atoms with E-state index >= 15 is 0 Å². The Kier molecular flexibility index (Phi) is 7.70. The van der Waals surface area contributed by atoms with Crippen molar-refractivity contribution in [1.82, 2.24) is 10.6 Å². The summed E-state index contributed by atoms with van der Waals surface area (Å²) in [5.74, 6) is 0.624. The lowest BCUT2D eigenvalue weighted by molar-refractivity contribution is -0.137. The first-order valence-electron chi connectivity index (χ1n) is 7.07. The highest BCUT2D eigenvalue weighted by atomic mass is 79.9. The molecule has 0 aliphatic rings. The molecular weight excluding hydrogens is 345 g/mol. The molecule has 0 radical (unpaired) electrons. The highest BCUT2D eigenvalue weighted by molar-refractivity contribution is 9.10. The lowest BCUT2D eigenvalue weighted by Gasteiger charge is -2.12. The van der Waals surface area contributed by atoms with Crippen molar-refractivity contribution in [1.29, 1.82) is 0 Å². The highest BCUT2D eigenvalue weighted by Gasteiger charge is 2.30. The number of halogens is 4. The van der Waals surface area contributed by atoms with Gasteiger partial charge in [-0.05, 0) is 55.7 Å². The predicted octanol–water partition coefficient (Wildman–Crippen LogP) is 4.19. The minimum atomic E-state index is -4.30. The van der Waals surface area contributed by atoms with Crippen LogP contribution in [0.25, 0.3) is 0 Å². The lowest BCUT2D eigenvalue weighted by atomic mass is 10.1. The summed E-state index contributed by atoms with van der Waals surface area (Å²) < 4.78 is 38.6. The Morgan fingerprint density at radius 1 is 1.14 bits per heavy atom. The summed E-state index contributed by atoms with van der Waals surface area (Å²) in [6.45, 7) is 7.39. The molecule has 0 atom stereocenters. The zero-order chi connectivity index (χ0) is 15.9. The fraction of sp³-hybridized carbons (Fsp3) is 0.600. The molecule has 6 heteroatoms. The van der Waals surface area contributed by atoms with E-state index in [1.165, 1.54) is 12.1 Å². The maximum Gasteiger partial charge on any atom is 0.416 e. The lowest BCUT2D eigenvalue weighted by Crippen LogP contribution is -2.24. The molecule has 0 heterocycles. The Hall–Kier alpha value is -0.590. The third-order valence-corrected chi connectivity index (χ3v) is 3.72. The van der Waals surface area contributed by atoms with E-state index in [1.807, 2.05) is 0 Å². The molecule has 1 rings (SSSR count). The van der Waals surface area contributed by atoms with Crippen LogP contribution in [0.5, 0.6) is 0 Å². The predicted molar refractivity (Wildman–Crippen MR) is 83.2 cm³/mol. The van der Waals surface area contributed by atoms with Crippen molar-refractivity contribution < 1.29 is 13.2 Å². The van der Waals surface area contributed by atoms with E-state index in [0.29, 0.717) is 22.5 Å². The number of benzene rings is 1. The van der Waals surface area contributed by atoms with E-state index in [4.69, 9.17) is 0 Å². The minimum Gasteiger partial charge on any atom is -0.316 e. The largest absolute Gasteiger partial charge is 0.416 e. The van der Waals surface area contributed by atoms with Crippen molar-refractivity contribution in [2.24, 2.45) is 5.92 Å². The summed E-state index contributed by atoms with van der Waals surface area (Å²) in [5.41, 5.74) is 0.0149. The van der Waals surface area contributed by atoms with Crippen LogP contribution in [-0.4, -0.2) is 19.6 Å². The summed E-state index contributed by atoms with van der Waals surface area (Å²) in [4.78, 5) is 0. The van der Waals surface area contributed by atoms with Gasteiger partial charge in [-0.3, -0.25) is 0 Å². The average molecular weight is 367 g/mol. The second-order valence-corrected chi connectivity index (χ2v) is 6.29. The molecule has 1 aromatic carbocycles. The molecule has 0 saturated carbocycles. The van der Waals surface area contributed by atoms with Gasteiger partial charge in [0.05, 0.1) is 5.56 Å². The van der Waals surface area contributed by atoms with Gasteiger partial charge in [0.1, 0.15) is 0 Å². The fourth-order valence-electron chi connectivity index (χ4n) is 1.84. The molecule has 0 fully saturated rings. The van der Waals surface area contributed by atoms with Crippen LogP contribution in [0.3, 0.4) is 0 Å². The minimum absolute atomic E-state index is 0.425. The van der Waals surface area contributed by atoms with E-state index < -0.39 is 11.7 Å². The molecule has 0 bridgehead atoms.